The molecule has 2 aromatic rings. The van der Waals surface area contributed by atoms with Crippen molar-refractivity contribution in [1.82, 2.24) is 10.4 Å². The van der Waals surface area contributed by atoms with Gasteiger partial charge >= 0.3 is 0 Å². The monoisotopic (exact) mass is 646 g/mol. The molecule has 0 fully saturated rings. The van der Waals surface area contributed by atoms with Crippen molar-refractivity contribution in [2.45, 2.75) is 0 Å². The van der Waals surface area contributed by atoms with Gasteiger partial charge in [-0.05, 0) is 81.9 Å². The molecule has 1 heterocycles. The summed E-state index contributed by atoms with van der Waals surface area (Å²) < 4.78 is 1.91. The third-order valence-corrected chi connectivity index (χ3v) is 9.00. The zero-order chi connectivity index (χ0) is 19.3. The highest BCUT2D eigenvalue weighted by molar-refractivity contribution is 9.15. The number of hydrazine groups is 1. The lowest BCUT2D eigenvalue weighted by Gasteiger charge is -2.15. The number of hydrogen-bond donors (Lipinski definition) is 1. The normalized spacial score (nSPS) is 13.2. The minimum atomic E-state index is -0.677. The van der Waals surface area contributed by atoms with E-state index in [4.69, 9.17) is 23.2 Å². The van der Waals surface area contributed by atoms with Crippen LogP contribution in [0.25, 0.3) is 0 Å². The third-order valence-electron chi connectivity index (χ3n) is 3.50. The molecule has 134 valence electrons. The van der Waals surface area contributed by atoms with Crippen LogP contribution in [0, 0.1) is 0 Å². The smallest absolute Gasteiger partial charge is 0.267 e. The number of carbonyl (C=O) groups excluding carboxylic acids is 3. The van der Waals surface area contributed by atoms with Crippen molar-refractivity contribution >= 4 is 105 Å². The van der Waals surface area contributed by atoms with Gasteiger partial charge in [-0.1, -0.05) is 23.2 Å². The second-order valence-corrected chi connectivity index (χ2v) is 9.01. The number of nitrogens with zero attached hydrogens (tertiary/aromatic N) is 1. The van der Waals surface area contributed by atoms with Crippen LogP contribution in [0.5, 0.6) is 0 Å². The zero-order valence-corrected chi connectivity index (χ0v) is 20.0. The van der Waals surface area contributed by atoms with Gasteiger partial charge in [0.15, 0.2) is 0 Å². The molecule has 1 N–H and O–H groups in total. The Kier molecular flexibility index (Phi) is 5.87. The van der Waals surface area contributed by atoms with Gasteiger partial charge < -0.3 is 0 Å². The number of carbonyl (C=O) groups is 3. The van der Waals surface area contributed by atoms with Gasteiger partial charge in [-0.15, -0.1) is 0 Å². The predicted molar refractivity (Wildman–Crippen MR) is 112 cm³/mol. The van der Waals surface area contributed by atoms with E-state index in [1.165, 1.54) is 18.2 Å². The average Bonchev–Trinajstić information content (AvgIpc) is 2.85. The average molecular weight is 651 g/mol. The van der Waals surface area contributed by atoms with Crippen molar-refractivity contribution in [1.29, 1.82) is 0 Å². The Morgan fingerprint density at radius 3 is 1.81 bits per heavy atom. The molecule has 0 unspecified atom stereocenters. The van der Waals surface area contributed by atoms with E-state index >= 15 is 0 Å². The van der Waals surface area contributed by atoms with Crippen LogP contribution in [0.4, 0.5) is 0 Å². The Labute approximate surface area is 190 Å². The standard InChI is InChI=1S/C15H4Br4Cl2N2O3/c16-9-7-8(10(17)12(19)11(9)18)15(26)23(14(7)25)22-13(24)4-1-2-5(20)6(21)3-4/h1-3H,(H,22,24). The SMILES string of the molecule is O=C(NN1C(=O)c2c(Br)c(Br)c(Br)c(Br)c2C1=O)c1ccc(Cl)c(Cl)c1. The fourth-order valence-corrected chi connectivity index (χ4v) is 5.01. The fraction of sp³-hybridized carbons (Fsp3) is 0. The van der Waals surface area contributed by atoms with E-state index < -0.39 is 17.7 Å². The first-order valence-corrected chi connectivity index (χ1v) is 10.6. The molecular formula is C15H4Br4Cl2N2O3. The zero-order valence-electron chi connectivity index (χ0n) is 12.2. The highest BCUT2D eigenvalue weighted by Gasteiger charge is 2.42. The molecule has 0 aromatic heterocycles. The number of nitrogens with one attached hydrogen (secondary N) is 1. The quantitative estimate of drug-likeness (QED) is 0.247. The number of imide groups is 1. The number of amides is 3. The summed E-state index contributed by atoms with van der Waals surface area (Å²) in [4.78, 5) is 37.8. The molecule has 3 rings (SSSR count). The Morgan fingerprint density at radius 1 is 0.846 bits per heavy atom. The number of fused-ring (bicyclic) bond motifs is 1. The first-order valence-electron chi connectivity index (χ1n) is 6.66. The van der Waals surface area contributed by atoms with Crippen molar-refractivity contribution in [3.05, 3.63) is 62.8 Å². The summed E-state index contributed by atoms with van der Waals surface area (Å²) in [5.41, 5.74) is 2.71. The maximum atomic E-state index is 12.7. The van der Waals surface area contributed by atoms with Crippen molar-refractivity contribution < 1.29 is 14.4 Å². The van der Waals surface area contributed by atoms with Crippen LogP contribution in [-0.2, 0) is 0 Å². The molecular weight excluding hydrogens is 647 g/mol. The van der Waals surface area contributed by atoms with Crippen LogP contribution >= 0.6 is 86.9 Å². The van der Waals surface area contributed by atoms with Crippen LogP contribution < -0.4 is 5.43 Å². The summed E-state index contributed by atoms with van der Waals surface area (Å²) >= 11 is 25.0. The molecule has 0 bridgehead atoms. The van der Waals surface area contributed by atoms with Crippen molar-refractivity contribution in [3.63, 3.8) is 0 Å². The number of halogens is 6. The van der Waals surface area contributed by atoms with Gasteiger partial charge in [0.2, 0.25) is 0 Å². The van der Waals surface area contributed by atoms with Gasteiger partial charge in [0.05, 0.1) is 21.2 Å². The first-order chi connectivity index (χ1) is 12.1. The maximum Gasteiger partial charge on any atom is 0.281 e. The molecule has 0 atom stereocenters. The van der Waals surface area contributed by atoms with Gasteiger partial charge in [-0.25, -0.2) is 0 Å². The molecule has 0 saturated heterocycles. The molecule has 0 spiro atoms. The number of hydrogen-bond acceptors (Lipinski definition) is 3. The summed E-state index contributed by atoms with van der Waals surface area (Å²) in [6, 6.07) is 4.22. The summed E-state index contributed by atoms with van der Waals surface area (Å²) in [6.07, 6.45) is 0. The van der Waals surface area contributed by atoms with Crippen molar-refractivity contribution in [3.8, 4) is 0 Å². The lowest BCUT2D eigenvalue weighted by molar-refractivity contribution is 0.0517. The Morgan fingerprint density at radius 2 is 1.35 bits per heavy atom. The van der Waals surface area contributed by atoms with Crippen molar-refractivity contribution in [2.75, 3.05) is 0 Å². The minimum absolute atomic E-state index is 0.131. The molecule has 11 heteroatoms. The van der Waals surface area contributed by atoms with Gasteiger partial charge in [0, 0.05) is 23.5 Å². The largest absolute Gasteiger partial charge is 0.281 e. The Bertz CT molecular complexity index is 966. The summed E-state index contributed by atoms with van der Waals surface area (Å²) in [5, 5.41) is 1.12. The Hall–Kier alpha value is -0.450. The fourth-order valence-electron chi connectivity index (χ4n) is 2.25. The minimum Gasteiger partial charge on any atom is -0.267 e. The van der Waals surface area contributed by atoms with Crippen LogP contribution in [-0.4, -0.2) is 22.7 Å². The van der Waals surface area contributed by atoms with Gasteiger partial charge in [0.25, 0.3) is 17.7 Å². The molecule has 1 aliphatic rings. The van der Waals surface area contributed by atoms with Crippen LogP contribution in [0.15, 0.2) is 36.1 Å². The van der Waals surface area contributed by atoms with Gasteiger partial charge in [0.1, 0.15) is 0 Å². The topological polar surface area (TPSA) is 66.5 Å². The lowest BCUT2D eigenvalue weighted by Crippen LogP contribution is -2.45. The van der Waals surface area contributed by atoms with Crippen LogP contribution in [0.1, 0.15) is 31.1 Å². The Balaban J connectivity index is 1.98. The molecule has 3 amide bonds. The third kappa shape index (κ3) is 3.27. The predicted octanol–water partition coefficient (Wildman–Crippen LogP) is 5.98. The van der Waals surface area contributed by atoms with Crippen LogP contribution in [0.2, 0.25) is 10.0 Å². The number of rotatable bonds is 2. The first kappa shape index (κ1) is 20.3. The molecule has 1 aliphatic heterocycles. The van der Waals surface area contributed by atoms with Gasteiger partial charge in [-0.2, -0.15) is 5.01 Å². The van der Waals surface area contributed by atoms with E-state index in [-0.39, 0.29) is 26.7 Å². The second-order valence-electron chi connectivity index (χ2n) is 5.02. The van der Waals surface area contributed by atoms with E-state index in [9.17, 15) is 14.4 Å². The lowest BCUT2D eigenvalue weighted by atomic mass is 10.1. The maximum absolute atomic E-state index is 12.7. The molecule has 26 heavy (non-hydrogen) atoms. The molecule has 0 radical (unpaired) electrons. The van der Waals surface area contributed by atoms with E-state index in [1.54, 1.807) is 0 Å². The van der Waals surface area contributed by atoms with E-state index in [2.05, 4.69) is 69.1 Å². The highest BCUT2D eigenvalue weighted by atomic mass is 79.9. The molecule has 5 nitrogen and oxygen atoms in total. The highest BCUT2D eigenvalue weighted by Crippen LogP contribution is 2.44. The summed E-state index contributed by atoms with van der Waals surface area (Å²) in [6.45, 7) is 0. The van der Waals surface area contributed by atoms with E-state index in [0.717, 1.165) is 0 Å². The molecule has 0 aliphatic carbocycles. The van der Waals surface area contributed by atoms with E-state index in [0.29, 0.717) is 22.9 Å². The summed E-state index contributed by atoms with van der Waals surface area (Å²) in [5.74, 6) is -2.01. The van der Waals surface area contributed by atoms with Crippen LogP contribution in [0.3, 0.4) is 0 Å². The molecule has 0 saturated carbocycles. The number of benzene rings is 2. The summed E-state index contributed by atoms with van der Waals surface area (Å²) in [7, 11) is 0. The second kappa shape index (κ2) is 7.52. The van der Waals surface area contributed by atoms with Gasteiger partial charge in [-0.3, -0.25) is 19.8 Å². The molecule has 2 aromatic carbocycles. The van der Waals surface area contributed by atoms with E-state index in [1.807, 2.05) is 0 Å². The van der Waals surface area contributed by atoms with Crippen molar-refractivity contribution in [2.24, 2.45) is 0 Å².